The Hall–Kier alpha value is -9.08. The zero-order chi connectivity index (χ0) is 93.2. The Morgan fingerprint density at radius 1 is 0.760 bits per heavy atom. The fourth-order valence-electron chi connectivity index (χ4n) is 20.2. The normalized spacial score (nSPS) is 29.8. The van der Waals surface area contributed by atoms with Crippen molar-refractivity contribution in [3.63, 3.8) is 0 Å². The summed E-state index contributed by atoms with van der Waals surface area (Å²) in [5.41, 5.74) is 9.23. The van der Waals surface area contributed by atoms with Crippen molar-refractivity contribution in [3.8, 4) is 22.5 Å². The Labute approximate surface area is 761 Å². The van der Waals surface area contributed by atoms with Crippen LogP contribution < -0.4 is 42.8 Å². The van der Waals surface area contributed by atoms with Gasteiger partial charge >= 0.3 is 11.9 Å². The lowest BCUT2D eigenvalue weighted by atomic mass is 9.72. The van der Waals surface area contributed by atoms with Gasteiger partial charge < -0.3 is 90.8 Å². The molecule has 7 aliphatic heterocycles. The van der Waals surface area contributed by atoms with Crippen LogP contribution in [0.1, 0.15) is 194 Å². The van der Waals surface area contributed by atoms with Crippen LogP contribution in [0.3, 0.4) is 0 Å². The first-order valence-corrected chi connectivity index (χ1v) is 47.9. The van der Waals surface area contributed by atoms with E-state index in [-0.39, 0.29) is 183 Å². The van der Waals surface area contributed by atoms with E-state index in [2.05, 4.69) is 118 Å². The third-order valence-electron chi connectivity index (χ3n) is 27.7. The summed E-state index contributed by atoms with van der Waals surface area (Å²) in [4.78, 5) is 133. The van der Waals surface area contributed by atoms with Crippen LogP contribution in [0, 0.1) is 47.3 Å². The highest BCUT2D eigenvalue weighted by Gasteiger charge is 2.67. The maximum absolute atomic E-state index is 13.9. The predicted octanol–water partition coefficient (Wildman–Crippen LogP) is 9.55. The Kier molecular flexibility index (Phi) is 32.7. The number of ether oxygens (including phenoxy) is 7. The quantitative estimate of drug-likeness (QED) is 0.0165. The number of hydrogen-bond donors (Lipinski definition) is 11. The van der Waals surface area contributed by atoms with E-state index in [0.717, 1.165) is 85.9 Å². The minimum Gasteiger partial charge on any atom is -0.480 e. The summed E-state index contributed by atoms with van der Waals surface area (Å²) in [6.45, 7) is 22.3. The predicted molar refractivity (Wildman–Crippen MR) is 487 cm³/mol. The van der Waals surface area contributed by atoms with Crippen LogP contribution in [-0.2, 0) is 86.9 Å². The number of amides is 5. The summed E-state index contributed by atoms with van der Waals surface area (Å²) in [6, 6.07) is 18.4. The molecule has 3 aromatic carbocycles. The molecule has 6 aromatic rings. The van der Waals surface area contributed by atoms with E-state index in [0.29, 0.717) is 35.2 Å². The molecule has 5 amide bonds. The Morgan fingerprint density at radius 3 is 2.20 bits per heavy atom. The van der Waals surface area contributed by atoms with Crippen molar-refractivity contribution >= 4 is 99.3 Å². The summed E-state index contributed by atoms with van der Waals surface area (Å²) >= 11 is 2.93. The van der Waals surface area contributed by atoms with Crippen LogP contribution in [0.5, 0.6) is 0 Å². The Morgan fingerprint density at radius 2 is 1.49 bits per heavy atom. The Bertz CT molecular complexity index is 5030. The van der Waals surface area contributed by atoms with Gasteiger partial charge in [-0.3, -0.25) is 38.5 Å². The van der Waals surface area contributed by atoms with E-state index in [4.69, 9.17) is 38.9 Å². The fraction of sp³-hybridized carbons (Fsp3) is 0.634. The lowest BCUT2D eigenvalue weighted by Gasteiger charge is -2.54. The highest BCUT2D eigenvalue weighted by molar-refractivity contribution is 7.98. The molecule has 3 unspecified atom stereocenters. The van der Waals surface area contributed by atoms with E-state index in [1.54, 1.807) is 46.8 Å². The number of methoxy groups -OCH3 is 1. The highest BCUT2D eigenvalue weighted by Crippen LogP contribution is 2.59. The van der Waals surface area contributed by atoms with Crippen molar-refractivity contribution in [1.82, 2.24) is 56.2 Å². The SMILES string of the molecule is CO[C@]1(C)C[C@@H](C[C@H]2CC[C@H](C)C([C@@H](C)C(=O)NCCSC)O2)O[C@]2(O[C@@](C)(C3CC[C@@](C)([C@@H]4O[C@@H]([C@@H]5O[C@@](O)(CO)[C@H](C)C[C@@H]5C)C[C@@H]4C)O3)C[C@H]2C)[C@@H]1C.CSC[C@H](NC(=O)C(CCCNC(=O)CCC(=O)N1Cc2ccccc2-c2nnn(C)c2-c2ccccc21)CC(=O)CC[C@H](NC(=O)c1ccc(NCc2cnc3nc(N)[nH]c(=O)c3n2)cc1)C(=O)O)C(=O)O. The van der Waals surface area contributed by atoms with Gasteiger partial charge in [0.15, 0.2) is 22.7 Å². The topological polar surface area (TPSA) is 474 Å². The van der Waals surface area contributed by atoms with Crippen LogP contribution in [-0.4, -0.2) is 237 Å². The maximum atomic E-state index is 13.9. The molecule has 3 aromatic heterocycles. The third kappa shape index (κ3) is 22.8. The average Bonchev–Trinajstić information content (AvgIpc) is 1.55. The number of Topliss-reactive ketones (excluding diaryl/α,β-unsaturated/α-hetero) is 1. The molecule has 0 aliphatic carbocycles. The third-order valence-corrected chi connectivity index (χ3v) is 29.0. The number of H-pyrrole nitrogens is 1. The summed E-state index contributed by atoms with van der Waals surface area (Å²) in [5, 5.41) is 63.3. The van der Waals surface area contributed by atoms with Crippen molar-refractivity contribution in [1.29, 1.82) is 0 Å². The molecular weight excluding hydrogens is 1700 g/mol. The lowest BCUT2D eigenvalue weighted by molar-refractivity contribution is -0.367. The van der Waals surface area contributed by atoms with Crippen LogP contribution in [0.15, 0.2) is 83.8 Å². The van der Waals surface area contributed by atoms with E-state index < -0.39 is 94.0 Å². The van der Waals surface area contributed by atoms with Gasteiger partial charge in [0.05, 0.1) is 108 Å². The number of rotatable bonds is 35. The average molecular weight is 1830 g/mol. The first kappa shape index (κ1) is 98.9. The van der Waals surface area contributed by atoms with Crippen LogP contribution >= 0.6 is 23.5 Å². The second kappa shape index (κ2) is 42.6. The van der Waals surface area contributed by atoms with Crippen LogP contribution in [0.4, 0.5) is 17.3 Å². The minimum atomic E-state index is -1.55. The minimum absolute atomic E-state index is 0.0141. The standard InChI is InChI=1S/C49H53N13O10S.C44H77NO10S/c1-61-42-34-11-5-6-12-37(34)62(25-29-8-3-4-10-33(29)40(42)59-60-61)39(65)20-19-38(64)51-21-7-9-28(45(67)56-36(26-73-2)48(71)72)22-32(63)17-18-35(47(69)70)55-44(66)27-13-15-30(16-14-27)52-23-31-24-53-43-41(54-31)46(68)58-49(50)57-43;1-25-13-14-32(50-36(25)30(6)39(47)45-17-18-56-12)21-33-23-41(9,49-11)31(7)44(52-33)29(5)22-42(10,55-44)35-15-16-40(8,53-35)38-27(3)20-34(51-38)37-26(2)19-28(4)43(48,24-46)54-37/h3-6,8,10-16,24,28,35-36,52H,7,9,17-23,25-26H2,1-2H3,(H,51,64)(H,55,66)(H,56,67)(H,69,70)(H,71,72)(H3,50,53,57,58,68);25-38,46,48H,13-24H2,1-12H3,(H,45,47)/t28?,35-,36-;25-,26-,27-,28+,29+,30+,31+,32+,33+,34+,35?,36?,37+,38+,40-,41+,42+,43-,44+/m00/s1. The number of carbonyl (C=O) groups excluding carboxylic acids is 6. The highest BCUT2D eigenvalue weighted by atomic mass is 32.2. The number of anilines is 3. The number of carboxylic acid groups (broad SMARTS) is 2. The lowest BCUT2D eigenvalue weighted by Crippen LogP contribution is -2.62. The molecular formula is C93H130N14O20S2. The van der Waals surface area contributed by atoms with Gasteiger partial charge in [-0.05, 0) is 151 Å². The molecule has 13 rings (SSSR count). The molecule has 129 heavy (non-hydrogen) atoms. The number of hydrogen-bond acceptors (Lipinski definition) is 27. The largest absolute Gasteiger partial charge is 0.480 e. The molecule has 704 valence electrons. The van der Waals surface area contributed by atoms with Gasteiger partial charge in [-0.25, -0.2) is 24.2 Å². The van der Waals surface area contributed by atoms with Crippen molar-refractivity contribution in [2.75, 3.05) is 66.8 Å². The smallest absolute Gasteiger partial charge is 0.327 e. The number of nitrogens with zero attached hydrogens (tertiary/aromatic N) is 7. The van der Waals surface area contributed by atoms with Crippen molar-refractivity contribution in [3.05, 3.63) is 106 Å². The van der Waals surface area contributed by atoms with Gasteiger partial charge in [0.25, 0.3) is 11.5 Å². The van der Waals surface area contributed by atoms with Gasteiger partial charge in [-0.2, -0.15) is 28.5 Å². The molecule has 6 saturated heterocycles. The van der Waals surface area contributed by atoms with E-state index >= 15 is 0 Å². The molecule has 1 spiro atoms. The number of carboxylic acids is 2. The number of para-hydroxylation sites is 1. The molecule has 0 radical (unpaired) electrons. The molecule has 34 nitrogen and oxygen atoms in total. The van der Waals surface area contributed by atoms with E-state index in [1.165, 1.54) is 30.1 Å². The number of aliphatic hydroxyl groups excluding tert-OH is 1. The number of thioether (sulfide) groups is 2. The molecule has 12 N–H and O–H groups in total. The van der Waals surface area contributed by atoms with Crippen LogP contribution in [0.2, 0.25) is 0 Å². The molecule has 10 heterocycles. The number of ketones is 1. The second-order valence-electron chi connectivity index (χ2n) is 37.1. The zero-order valence-electron chi connectivity index (χ0n) is 76.4. The number of carbonyl (C=O) groups is 8. The number of aromatic nitrogens is 7. The second-order valence-corrected chi connectivity index (χ2v) is 39.0. The number of nitrogens with two attached hydrogens (primary N) is 1. The summed E-state index contributed by atoms with van der Waals surface area (Å²) < 4.78 is 49.7. The number of aliphatic hydroxyl groups is 2. The fourth-order valence-corrected chi connectivity index (χ4v) is 21.1. The monoisotopic (exact) mass is 1830 g/mol. The van der Waals surface area contributed by atoms with Crippen molar-refractivity contribution in [2.24, 2.45) is 54.4 Å². The summed E-state index contributed by atoms with van der Waals surface area (Å²) in [7, 11) is 3.59. The molecule has 6 fully saturated rings. The van der Waals surface area contributed by atoms with E-state index in [9.17, 15) is 63.6 Å². The number of aliphatic carboxylic acids is 2. The molecule has 36 heteroatoms. The Balaban J connectivity index is 0.000000242. The molecule has 0 bridgehead atoms. The first-order chi connectivity index (χ1) is 61.4. The first-order valence-electron chi connectivity index (χ1n) is 45.1. The number of nitrogen functional groups attached to an aromatic ring is 1. The zero-order valence-corrected chi connectivity index (χ0v) is 78.1. The van der Waals surface area contributed by atoms with Crippen molar-refractivity contribution < 1.29 is 91.9 Å². The molecule has 22 atom stereocenters. The van der Waals surface area contributed by atoms with Crippen molar-refractivity contribution in [2.45, 2.75) is 268 Å². The maximum Gasteiger partial charge on any atom is 0.327 e. The van der Waals surface area contributed by atoms with Gasteiger partial charge in [-0.1, -0.05) is 96.1 Å². The molecule has 0 saturated carbocycles. The van der Waals surface area contributed by atoms with Crippen LogP contribution in [0.25, 0.3) is 33.7 Å². The van der Waals surface area contributed by atoms with Gasteiger partial charge in [0.1, 0.15) is 23.6 Å². The number of aromatic amines is 1. The number of aryl methyl sites for hydroxylation is 1. The summed E-state index contributed by atoms with van der Waals surface area (Å²) in [5.74, 6) is -7.38. The van der Waals surface area contributed by atoms with Gasteiger partial charge in [-0.15, -0.1) is 5.10 Å². The number of nitrogens with one attached hydrogen (secondary N) is 6. The molecule has 7 aliphatic rings. The number of benzene rings is 3. The van der Waals surface area contributed by atoms with E-state index in [1.807, 2.05) is 69.5 Å². The summed E-state index contributed by atoms with van der Waals surface area (Å²) in [6.07, 6.45) is 10.6. The van der Waals surface area contributed by atoms with Gasteiger partial charge in [0, 0.05) is 123 Å². The number of fused-ring (bicyclic) bond motifs is 6. The van der Waals surface area contributed by atoms with Gasteiger partial charge in [0.2, 0.25) is 29.6 Å².